The highest BCUT2D eigenvalue weighted by atomic mass is 16.7. The van der Waals surface area contributed by atoms with Crippen molar-refractivity contribution in [2.75, 3.05) is 41.9 Å². The highest BCUT2D eigenvalue weighted by molar-refractivity contribution is 6.32. The Morgan fingerprint density at radius 3 is 2.28 bits per heavy atom. The minimum atomic E-state index is -0.198. The van der Waals surface area contributed by atoms with Gasteiger partial charge in [0.25, 0.3) is 0 Å². The van der Waals surface area contributed by atoms with E-state index in [1.807, 2.05) is 36.5 Å². The molecule has 10 rings (SSSR count). The summed E-state index contributed by atoms with van der Waals surface area (Å²) in [4.78, 5) is 19.2. The van der Waals surface area contributed by atoms with E-state index in [1.54, 1.807) is 20.3 Å². The van der Waals surface area contributed by atoms with Crippen LogP contribution in [0.5, 0.6) is 34.5 Å². The first-order chi connectivity index (χ1) is 22.9. The number of benzene rings is 5. The quantitative estimate of drug-likeness (QED) is 0.148. The van der Waals surface area contributed by atoms with Gasteiger partial charge in [0.15, 0.2) is 28.7 Å². The van der Waals surface area contributed by atoms with Gasteiger partial charge in [-0.2, -0.15) is 0 Å². The molecule has 0 atom stereocenters. The zero-order valence-corrected chi connectivity index (χ0v) is 26.0. The molecule has 0 fully saturated rings. The lowest BCUT2D eigenvalue weighted by molar-refractivity contribution is 0.103. The van der Waals surface area contributed by atoms with Crippen LogP contribution in [0.3, 0.4) is 0 Å². The summed E-state index contributed by atoms with van der Waals surface area (Å²) in [6.07, 6.45) is 6.13. The predicted octanol–water partition coefficient (Wildman–Crippen LogP) is 7.45. The van der Waals surface area contributed by atoms with Crippen LogP contribution in [0.4, 0.5) is 5.69 Å². The van der Waals surface area contributed by atoms with Crippen molar-refractivity contribution in [3.8, 4) is 56.8 Å². The van der Waals surface area contributed by atoms with E-state index in [2.05, 4.69) is 38.5 Å². The van der Waals surface area contributed by atoms with Crippen molar-refractivity contribution in [1.29, 1.82) is 0 Å². The summed E-state index contributed by atoms with van der Waals surface area (Å²) in [5.74, 6) is 3.64. The van der Waals surface area contributed by atoms with Crippen molar-refractivity contribution in [3.05, 3.63) is 77.7 Å². The first kappa shape index (κ1) is 26.4. The smallest absolute Gasteiger partial charge is 0.231 e. The molecule has 0 saturated heterocycles. The van der Waals surface area contributed by atoms with Gasteiger partial charge in [-0.05, 0) is 46.7 Å². The number of carbonyl (C=O) groups excluding carboxylic acids is 1. The average molecular weight is 624 g/mol. The molecule has 0 radical (unpaired) electrons. The molecule has 6 aromatic rings. The molecule has 9 heteroatoms. The van der Waals surface area contributed by atoms with Gasteiger partial charge in [0.2, 0.25) is 19.4 Å². The van der Waals surface area contributed by atoms with Gasteiger partial charge in [-0.15, -0.1) is 0 Å². The molecule has 4 heterocycles. The van der Waals surface area contributed by atoms with Crippen molar-refractivity contribution in [2.24, 2.45) is 0 Å². The SMILES string of the molecule is COc1cccc2c1C(=O)c1ncc(-c3c4c5c(cc6c(c5c5cccc(OC)c35)OCO6)C=C[N+]4(C)C)c3cc4c(c-2c13)OCO4. The molecule has 0 amide bonds. The summed E-state index contributed by atoms with van der Waals surface area (Å²) in [6, 6.07) is 15.7. The van der Waals surface area contributed by atoms with Crippen LogP contribution < -0.4 is 32.9 Å². The monoisotopic (exact) mass is 623 g/mol. The van der Waals surface area contributed by atoms with Crippen molar-refractivity contribution in [2.45, 2.75) is 0 Å². The van der Waals surface area contributed by atoms with E-state index in [9.17, 15) is 4.79 Å². The number of carbonyl (C=O) groups is 1. The van der Waals surface area contributed by atoms with Crippen LogP contribution in [0.2, 0.25) is 0 Å². The number of nitrogens with zero attached hydrogens (tertiary/aromatic N) is 2. The van der Waals surface area contributed by atoms with Crippen molar-refractivity contribution in [3.63, 3.8) is 0 Å². The van der Waals surface area contributed by atoms with Crippen LogP contribution in [-0.2, 0) is 0 Å². The lowest BCUT2D eigenvalue weighted by atomic mass is 9.80. The molecule has 230 valence electrons. The Morgan fingerprint density at radius 2 is 1.47 bits per heavy atom. The first-order valence-corrected chi connectivity index (χ1v) is 15.3. The first-order valence-electron chi connectivity index (χ1n) is 15.3. The molecule has 5 aromatic carbocycles. The number of ketones is 1. The topological polar surface area (TPSA) is 85.3 Å². The molecule has 0 N–H and O–H groups in total. The lowest BCUT2D eigenvalue weighted by Crippen LogP contribution is -2.35. The molecule has 0 saturated carbocycles. The van der Waals surface area contributed by atoms with Crippen molar-refractivity contribution < 1.29 is 33.2 Å². The number of fused-ring (bicyclic) bond motifs is 8. The predicted molar refractivity (Wildman–Crippen MR) is 179 cm³/mol. The number of ether oxygens (including phenoxy) is 6. The molecule has 0 bridgehead atoms. The molecular weight excluding hydrogens is 596 g/mol. The largest absolute Gasteiger partial charge is 0.496 e. The summed E-state index contributed by atoms with van der Waals surface area (Å²) in [7, 11) is 7.57. The second-order valence-electron chi connectivity index (χ2n) is 12.6. The maximum atomic E-state index is 14.2. The van der Waals surface area contributed by atoms with E-state index in [0.29, 0.717) is 38.7 Å². The van der Waals surface area contributed by atoms with Crippen LogP contribution in [0.15, 0.2) is 60.9 Å². The third-order valence-corrected chi connectivity index (χ3v) is 9.88. The molecule has 47 heavy (non-hydrogen) atoms. The maximum Gasteiger partial charge on any atom is 0.231 e. The normalized spacial score (nSPS) is 15.9. The van der Waals surface area contributed by atoms with E-state index in [0.717, 1.165) is 77.3 Å². The molecule has 4 aliphatic rings. The van der Waals surface area contributed by atoms with Crippen molar-refractivity contribution in [1.82, 2.24) is 9.47 Å². The fraction of sp³-hybridized carbons (Fsp3) is 0.158. The number of methoxy groups -OCH3 is 2. The molecule has 9 nitrogen and oxygen atoms in total. The van der Waals surface area contributed by atoms with Gasteiger partial charge in [-0.3, -0.25) is 14.3 Å². The summed E-state index contributed by atoms with van der Waals surface area (Å²) < 4.78 is 36.4. The van der Waals surface area contributed by atoms with Gasteiger partial charge in [-0.1, -0.05) is 24.3 Å². The van der Waals surface area contributed by atoms with E-state index < -0.39 is 0 Å². The van der Waals surface area contributed by atoms with E-state index in [1.165, 1.54) is 0 Å². The number of hydrogen-bond donors (Lipinski definition) is 0. The Labute approximate surface area is 268 Å². The lowest BCUT2D eigenvalue weighted by Gasteiger charge is -2.33. The Kier molecular flexibility index (Phi) is 5.02. The highest BCUT2D eigenvalue weighted by Gasteiger charge is 2.39. The molecule has 1 aliphatic carbocycles. The van der Waals surface area contributed by atoms with Gasteiger partial charge in [0, 0.05) is 39.0 Å². The van der Waals surface area contributed by atoms with E-state index in [4.69, 9.17) is 33.4 Å². The summed E-state index contributed by atoms with van der Waals surface area (Å²) in [6.45, 7) is 0.234. The number of aromatic nitrogens is 1. The van der Waals surface area contributed by atoms with Gasteiger partial charge < -0.3 is 28.4 Å². The summed E-state index contributed by atoms with van der Waals surface area (Å²) in [5, 5.41) is 5.46. The number of hydrogen-bond acceptors (Lipinski definition) is 8. The van der Waals surface area contributed by atoms with Crippen LogP contribution in [-0.4, -0.2) is 52.7 Å². The second kappa shape index (κ2) is 8.92. The van der Waals surface area contributed by atoms with Crippen LogP contribution in [0.25, 0.3) is 60.6 Å². The second-order valence-corrected chi connectivity index (χ2v) is 12.6. The fourth-order valence-corrected chi connectivity index (χ4v) is 7.95. The number of pyridine rings is 1. The Morgan fingerprint density at radius 1 is 0.723 bits per heavy atom. The molecule has 0 spiro atoms. The maximum absolute atomic E-state index is 14.2. The Balaban J connectivity index is 1.44. The average Bonchev–Trinajstić information content (AvgIpc) is 3.76. The molecular formula is C38H27N2O7+. The third kappa shape index (κ3) is 3.21. The standard InChI is InChI=1S/C38H27N2O7/c1-40(2)12-11-18-13-25-37(46-16-44-25)32-19-7-5-9-23(42-3)28(19)31(35(40)27(18)32)22-15-39-34-30-21(22)14-26-38(47-17-45-26)33(30)20-8-6-10-24(43-4)29(20)36(34)41/h5-15H,16-17H2,1-4H3/q+1. The minimum Gasteiger partial charge on any atom is -0.496 e. The summed E-state index contributed by atoms with van der Waals surface area (Å²) >= 11 is 0. The van der Waals surface area contributed by atoms with E-state index in [-0.39, 0.29) is 19.4 Å². The third-order valence-electron chi connectivity index (χ3n) is 9.88. The number of rotatable bonds is 3. The van der Waals surface area contributed by atoms with Gasteiger partial charge in [0.1, 0.15) is 23.4 Å². The van der Waals surface area contributed by atoms with Gasteiger partial charge in [-0.25, -0.2) is 0 Å². The van der Waals surface area contributed by atoms with Crippen LogP contribution in [0.1, 0.15) is 21.6 Å². The number of quaternary nitrogens is 1. The van der Waals surface area contributed by atoms with Gasteiger partial charge in [0.05, 0.1) is 44.8 Å². The Hall–Kier alpha value is -5.80. The molecule has 1 aromatic heterocycles. The van der Waals surface area contributed by atoms with Crippen molar-refractivity contribution >= 4 is 49.9 Å². The minimum absolute atomic E-state index is 0.0766. The fourth-order valence-electron chi connectivity index (χ4n) is 7.95. The van der Waals surface area contributed by atoms with E-state index >= 15 is 0 Å². The zero-order valence-electron chi connectivity index (χ0n) is 26.0. The molecule has 3 aliphatic heterocycles. The Bertz CT molecular complexity index is 2500. The molecule has 0 unspecified atom stereocenters. The van der Waals surface area contributed by atoms with Crippen LogP contribution >= 0.6 is 0 Å². The summed E-state index contributed by atoms with van der Waals surface area (Å²) in [5.41, 5.74) is 6.19. The van der Waals surface area contributed by atoms with Gasteiger partial charge >= 0.3 is 0 Å². The zero-order chi connectivity index (χ0) is 31.8. The highest BCUT2D eigenvalue weighted by Crippen LogP contribution is 2.59. The van der Waals surface area contributed by atoms with Crippen LogP contribution in [0, 0.1) is 0 Å².